The van der Waals surface area contributed by atoms with Crippen LogP contribution in [0.2, 0.25) is 0 Å². The molecule has 0 aliphatic rings. The van der Waals surface area contributed by atoms with Crippen molar-refractivity contribution in [3.63, 3.8) is 0 Å². The third kappa shape index (κ3) is 5.76. The van der Waals surface area contributed by atoms with Crippen molar-refractivity contribution in [2.24, 2.45) is 0 Å². The van der Waals surface area contributed by atoms with Gasteiger partial charge in [0.15, 0.2) is 0 Å². The molecule has 4 rings (SSSR count). The summed E-state index contributed by atoms with van der Waals surface area (Å²) in [4.78, 5) is 13.7. The number of hydrogen-bond acceptors (Lipinski definition) is 5. The predicted molar refractivity (Wildman–Crippen MR) is 121 cm³/mol. The lowest BCUT2D eigenvalue weighted by molar-refractivity contribution is 0.0948. The van der Waals surface area contributed by atoms with Gasteiger partial charge < -0.3 is 14.6 Å². The van der Waals surface area contributed by atoms with Crippen LogP contribution in [0.3, 0.4) is 0 Å². The Morgan fingerprint density at radius 2 is 1.72 bits per heavy atom. The van der Waals surface area contributed by atoms with E-state index in [0.717, 1.165) is 21.9 Å². The predicted octanol–water partition coefficient (Wildman–Crippen LogP) is 6.14. The number of rotatable bonds is 8. The van der Waals surface area contributed by atoms with Crippen molar-refractivity contribution >= 4 is 17.7 Å². The largest absolute Gasteiger partial charge is 0.457 e. The zero-order valence-electron chi connectivity index (χ0n) is 17.4. The molecule has 0 spiro atoms. The van der Waals surface area contributed by atoms with Gasteiger partial charge in [-0.3, -0.25) is 4.79 Å². The number of nitrogens with one attached hydrogen (secondary N) is 1. The summed E-state index contributed by atoms with van der Waals surface area (Å²) in [7, 11) is 0. The fourth-order valence-electron chi connectivity index (χ4n) is 3.01. The smallest absolute Gasteiger partial charge is 0.252 e. The van der Waals surface area contributed by atoms with E-state index < -0.39 is 0 Å². The molecule has 0 saturated heterocycles. The van der Waals surface area contributed by atoms with E-state index in [4.69, 9.17) is 9.26 Å². The molecule has 0 fully saturated rings. The quantitative estimate of drug-likeness (QED) is 0.328. The minimum Gasteiger partial charge on any atom is -0.457 e. The van der Waals surface area contributed by atoms with Gasteiger partial charge in [-0.1, -0.05) is 29.4 Å². The maximum absolute atomic E-state index is 13.0. The molecule has 3 aromatic carbocycles. The lowest BCUT2D eigenvalue weighted by atomic mass is 10.2. The summed E-state index contributed by atoms with van der Waals surface area (Å²) < 4.78 is 23.8. The van der Waals surface area contributed by atoms with Gasteiger partial charge in [-0.15, -0.1) is 11.8 Å². The average Bonchev–Trinajstić information content (AvgIpc) is 3.24. The Bertz CT molecular complexity index is 1190. The average molecular weight is 449 g/mol. The molecule has 162 valence electrons. The number of halogens is 1. The van der Waals surface area contributed by atoms with Crippen LogP contribution in [0, 0.1) is 12.7 Å². The van der Waals surface area contributed by atoms with Crippen LogP contribution in [0.4, 0.5) is 4.39 Å². The zero-order chi connectivity index (χ0) is 22.3. The Kier molecular flexibility index (Phi) is 6.87. The zero-order valence-corrected chi connectivity index (χ0v) is 18.2. The van der Waals surface area contributed by atoms with Gasteiger partial charge in [0, 0.05) is 23.3 Å². The molecule has 0 aliphatic heterocycles. The number of carbonyl (C=O) groups excluding carboxylic acids is 1. The minimum absolute atomic E-state index is 0.143. The van der Waals surface area contributed by atoms with E-state index in [1.54, 1.807) is 23.9 Å². The number of aryl methyl sites for hydroxylation is 1. The summed E-state index contributed by atoms with van der Waals surface area (Å²) in [6.45, 7) is 2.24. The molecule has 0 saturated carbocycles. The van der Waals surface area contributed by atoms with Crippen molar-refractivity contribution in [1.82, 2.24) is 10.5 Å². The SMILES string of the molecule is Cc1cc(CSc2ccccc2C(=O)NCc2ccc(Oc3ccc(F)cc3)cc2)no1. The van der Waals surface area contributed by atoms with Crippen molar-refractivity contribution < 1.29 is 18.4 Å². The molecular weight excluding hydrogens is 427 g/mol. The molecule has 32 heavy (non-hydrogen) atoms. The van der Waals surface area contributed by atoms with Gasteiger partial charge in [0.1, 0.15) is 23.1 Å². The van der Waals surface area contributed by atoms with Crippen molar-refractivity contribution in [2.75, 3.05) is 0 Å². The molecule has 0 radical (unpaired) electrons. The Morgan fingerprint density at radius 1 is 1.03 bits per heavy atom. The fourth-order valence-corrected chi connectivity index (χ4v) is 3.94. The highest BCUT2D eigenvalue weighted by Crippen LogP contribution is 2.26. The molecule has 1 aromatic heterocycles. The molecular formula is C25H21FN2O3S. The monoisotopic (exact) mass is 448 g/mol. The molecule has 0 aliphatic carbocycles. The van der Waals surface area contributed by atoms with Gasteiger partial charge in [-0.2, -0.15) is 0 Å². The van der Waals surface area contributed by atoms with Gasteiger partial charge in [-0.05, 0) is 61.0 Å². The number of hydrogen-bond donors (Lipinski definition) is 1. The van der Waals surface area contributed by atoms with Gasteiger partial charge in [0.25, 0.3) is 5.91 Å². The van der Waals surface area contributed by atoms with E-state index in [-0.39, 0.29) is 11.7 Å². The summed E-state index contributed by atoms with van der Waals surface area (Å²) in [5.41, 5.74) is 2.40. The molecule has 1 heterocycles. The standard InChI is InChI=1S/C25H21FN2O3S/c1-17-14-20(28-31-17)16-32-24-5-3-2-4-23(24)25(29)27-15-18-6-10-21(11-7-18)30-22-12-8-19(26)9-13-22/h2-14H,15-16H2,1H3,(H,27,29). The first kappa shape index (κ1) is 21.6. The van der Waals surface area contributed by atoms with E-state index in [2.05, 4.69) is 10.5 Å². The maximum atomic E-state index is 13.0. The number of amides is 1. The van der Waals surface area contributed by atoms with Crippen LogP contribution < -0.4 is 10.1 Å². The first-order chi connectivity index (χ1) is 15.6. The Morgan fingerprint density at radius 3 is 2.41 bits per heavy atom. The van der Waals surface area contributed by atoms with Crippen LogP contribution >= 0.6 is 11.8 Å². The van der Waals surface area contributed by atoms with Crippen molar-refractivity contribution in [3.8, 4) is 11.5 Å². The third-order valence-corrected chi connectivity index (χ3v) is 5.72. The van der Waals surface area contributed by atoms with Gasteiger partial charge >= 0.3 is 0 Å². The first-order valence-electron chi connectivity index (χ1n) is 10.0. The topological polar surface area (TPSA) is 64.4 Å². The van der Waals surface area contributed by atoms with Gasteiger partial charge in [-0.25, -0.2) is 4.39 Å². The number of benzene rings is 3. The number of carbonyl (C=O) groups is 1. The van der Waals surface area contributed by atoms with Crippen LogP contribution in [0.25, 0.3) is 0 Å². The second-order valence-corrected chi connectivity index (χ2v) is 8.11. The van der Waals surface area contributed by atoms with Crippen LogP contribution in [0.1, 0.15) is 27.4 Å². The summed E-state index contributed by atoms with van der Waals surface area (Å²) >= 11 is 1.54. The van der Waals surface area contributed by atoms with E-state index in [1.807, 2.05) is 61.5 Å². The lowest BCUT2D eigenvalue weighted by Crippen LogP contribution is -2.23. The van der Waals surface area contributed by atoms with Gasteiger partial charge in [0.05, 0.1) is 11.3 Å². The van der Waals surface area contributed by atoms with Crippen molar-refractivity contribution in [3.05, 3.63) is 107 Å². The Hall–Kier alpha value is -3.58. The summed E-state index contributed by atoms with van der Waals surface area (Å²) in [5, 5.41) is 6.96. The minimum atomic E-state index is -0.309. The first-order valence-corrected chi connectivity index (χ1v) is 11.0. The highest BCUT2D eigenvalue weighted by Gasteiger charge is 2.12. The molecule has 1 amide bonds. The van der Waals surface area contributed by atoms with Crippen LogP contribution in [-0.2, 0) is 12.3 Å². The second-order valence-electron chi connectivity index (χ2n) is 7.10. The van der Waals surface area contributed by atoms with E-state index in [1.165, 1.54) is 12.1 Å². The summed E-state index contributed by atoms with van der Waals surface area (Å²) in [5.74, 6) is 2.13. The molecule has 7 heteroatoms. The highest BCUT2D eigenvalue weighted by atomic mass is 32.2. The number of thioether (sulfide) groups is 1. The molecule has 0 unspecified atom stereocenters. The molecule has 1 N–H and O–H groups in total. The van der Waals surface area contributed by atoms with Crippen LogP contribution in [0.5, 0.6) is 11.5 Å². The normalized spacial score (nSPS) is 10.7. The van der Waals surface area contributed by atoms with Crippen LogP contribution in [0.15, 0.2) is 88.3 Å². The van der Waals surface area contributed by atoms with Gasteiger partial charge in [0.2, 0.25) is 0 Å². The lowest BCUT2D eigenvalue weighted by Gasteiger charge is -2.10. The third-order valence-electron chi connectivity index (χ3n) is 4.61. The van der Waals surface area contributed by atoms with Crippen LogP contribution in [-0.4, -0.2) is 11.1 Å². The van der Waals surface area contributed by atoms with Crippen molar-refractivity contribution in [1.29, 1.82) is 0 Å². The second kappa shape index (κ2) is 10.2. The fraction of sp³-hybridized carbons (Fsp3) is 0.120. The summed E-state index contributed by atoms with van der Waals surface area (Å²) in [6.07, 6.45) is 0. The molecule has 5 nitrogen and oxygen atoms in total. The Labute approximate surface area is 189 Å². The number of nitrogens with zero attached hydrogens (tertiary/aromatic N) is 1. The Balaban J connectivity index is 1.34. The highest BCUT2D eigenvalue weighted by molar-refractivity contribution is 7.98. The van der Waals surface area contributed by atoms with E-state index >= 15 is 0 Å². The maximum Gasteiger partial charge on any atom is 0.252 e. The number of aromatic nitrogens is 1. The molecule has 0 bridgehead atoms. The van der Waals surface area contributed by atoms with Crippen molar-refractivity contribution in [2.45, 2.75) is 24.1 Å². The molecule has 0 atom stereocenters. The number of ether oxygens (including phenoxy) is 1. The summed E-state index contributed by atoms with van der Waals surface area (Å²) in [6, 6.07) is 22.6. The molecule has 4 aromatic rings. The van der Waals surface area contributed by atoms with E-state index in [9.17, 15) is 9.18 Å². The van der Waals surface area contributed by atoms with E-state index in [0.29, 0.717) is 29.4 Å².